The van der Waals surface area contributed by atoms with Crippen molar-refractivity contribution in [2.24, 2.45) is 0 Å². The van der Waals surface area contributed by atoms with Crippen molar-refractivity contribution in [3.63, 3.8) is 0 Å². The molecular weight excluding hydrogens is 757 g/mol. The first kappa shape index (κ1) is 59.1. The molecule has 0 aliphatic heterocycles. The highest BCUT2D eigenvalue weighted by Crippen LogP contribution is 2.17. The van der Waals surface area contributed by atoms with Crippen molar-refractivity contribution in [3.8, 4) is 0 Å². The van der Waals surface area contributed by atoms with Crippen LogP contribution in [0.1, 0.15) is 303 Å². The molecule has 6 heteroatoms. The summed E-state index contributed by atoms with van der Waals surface area (Å²) in [6, 6.07) is 0. The number of carbonyl (C=O) groups excluding carboxylic acids is 3. The standard InChI is InChI=1S/C55H104O6/c1-4-7-10-13-16-19-21-23-25-26-27-28-29-30-32-33-36-39-42-45-48-54(57)60-51-52(50-59-53(56)47-44-41-38-35-18-15-12-9-6-3)61-55(58)49-46-43-40-37-34-31-24-22-20-17-14-11-8-5-2/h22,24,52H,4-21,23,25-51H2,1-3H3/b24-22-. The molecule has 1 atom stereocenters. The minimum Gasteiger partial charge on any atom is -0.462 e. The molecule has 360 valence electrons. The van der Waals surface area contributed by atoms with Crippen LogP contribution in [0.4, 0.5) is 0 Å². The molecule has 0 amide bonds. The summed E-state index contributed by atoms with van der Waals surface area (Å²) in [4.78, 5) is 37.9. The number of unbranched alkanes of at least 4 members (excludes halogenated alkanes) is 37. The molecule has 0 aliphatic rings. The average molecular weight is 861 g/mol. The molecular formula is C55H104O6. The van der Waals surface area contributed by atoms with Crippen LogP contribution in [0.15, 0.2) is 12.2 Å². The van der Waals surface area contributed by atoms with Crippen molar-refractivity contribution >= 4 is 17.9 Å². The minimum absolute atomic E-state index is 0.0681. The topological polar surface area (TPSA) is 78.9 Å². The Balaban J connectivity index is 4.22. The van der Waals surface area contributed by atoms with Crippen LogP contribution in [0.25, 0.3) is 0 Å². The average Bonchev–Trinajstić information content (AvgIpc) is 3.26. The Labute approximate surface area is 380 Å². The van der Waals surface area contributed by atoms with Crippen molar-refractivity contribution in [2.75, 3.05) is 13.2 Å². The predicted molar refractivity (Wildman–Crippen MR) is 261 cm³/mol. The van der Waals surface area contributed by atoms with Gasteiger partial charge in [-0.25, -0.2) is 0 Å². The smallest absolute Gasteiger partial charge is 0.306 e. The van der Waals surface area contributed by atoms with Gasteiger partial charge in [-0.3, -0.25) is 14.4 Å². The van der Waals surface area contributed by atoms with Crippen LogP contribution in [0.2, 0.25) is 0 Å². The van der Waals surface area contributed by atoms with Gasteiger partial charge < -0.3 is 14.2 Å². The van der Waals surface area contributed by atoms with E-state index >= 15 is 0 Å². The molecule has 61 heavy (non-hydrogen) atoms. The number of hydrogen-bond donors (Lipinski definition) is 0. The van der Waals surface area contributed by atoms with Crippen molar-refractivity contribution < 1.29 is 28.6 Å². The zero-order chi connectivity index (χ0) is 44.4. The summed E-state index contributed by atoms with van der Waals surface area (Å²) in [5.74, 6) is -0.861. The fourth-order valence-corrected chi connectivity index (χ4v) is 8.14. The fraction of sp³-hybridized carbons (Fsp3) is 0.909. The molecule has 1 unspecified atom stereocenters. The van der Waals surface area contributed by atoms with E-state index in [1.54, 1.807) is 0 Å². The Morgan fingerprint density at radius 2 is 0.541 bits per heavy atom. The van der Waals surface area contributed by atoms with E-state index in [4.69, 9.17) is 14.2 Å². The summed E-state index contributed by atoms with van der Waals surface area (Å²) in [6.45, 7) is 6.65. The maximum atomic E-state index is 12.8. The molecule has 6 nitrogen and oxygen atoms in total. The Bertz CT molecular complexity index is 947. The Morgan fingerprint density at radius 3 is 0.820 bits per heavy atom. The largest absolute Gasteiger partial charge is 0.462 e. The van der Waals surface area contributed by atoms with Gasteiger partial charge in [0.1, 0.15) is 13.2 Å². The molecule has 0 saturated heterocycles. The molecule has 0 N–H and O–H groups in total. The van der Waals surface area contributed by atoms with Crippen molar-refractivity contribution in [3.05, 3.63) is 12.2 Å². The lowest BCUT2D eigenvalue weighted by Crippen LogP contribution is -2.30. The Hall–Kier alpha value is -1.85. The van der Waals surface area contributed by atoms with Gasteiger partial charge in [-0.15, -0.1) is 0 Å². The molecule has 0 aromatic rings. The molecule has 0 fully saturated rings. The maximum absolute atomic E-state index is 12.8. The summed E-state index contributed by atoms with van der Waals surface area (Å²) in [5, 5.41) is 0. The molecule has 0 aromatic heterocycles. The minimum atomic E-state index is -0.767. The Morgan fingerprint density at radius 1 is 0.311 bits per heavy atom. The van der Waals surface area contributed by atoms with Gasteiger partial charge in [0.25, 0.3) is 0 Å². The van der Waals surface area contributed by atoms with Gasteiger partial charge >= 0.3 is 17.9 Å². The summed E-state index contributed by atoms with van der Waals surface area (Å²) >= 11 is 0. The van der Waals surface area contributed by atoms with Crippen LogP contribution in [0.5, 0.6) is 0 Å². The first-order valence-corrected chi connectivity index (χ1v) is 27.2. The molecule has 0 bridgehead atoms. The van der Waals surface area contributed by atoms with E-state index in [1.807, 2.05) is 0 Å². The van der Waals surface area contributed by atoms with E-state index in [0.717, 1.165) is 64.2 Å². The van der Waals surface area contributed by atoms with Gasteiger partial charge in [0.15, 0.2) is 6.10 Å². The van der Waals surface area contributed by atoms with Gasteiger partial charge in [-0.2, -0.15) is 0 Å². The summed E-state index contributed by atoms with van der Waals surface area (Å²) in [6.07, 6.45) is 56.4. The molecule has 0 aliphatic carbocycles. The van der Waals surface area contributed by atoms with E-state index in [0.29, 0.717) is 19.3 Å². The van der Waals surface area contributed by atoms with E-state index in [1.165, 1.54) is 199 Å². The first-order chi connectivity index (χ1) is 30.0. The molecule has 0 heterocycles. The third-order valence-electron chi connectivity index (χ3n) is 12.3. The van der Waals surface area contributed by atoms with E-state index in [2.05, 4.69) is 32.9 Å². The van der Waals surface area contributed by atoms with Gasteiger partial charge in [0, 0.05) is 19.3 Å². The van der Waals surface area contributed by atoms with Crippen molar-refractivity contribution in [1.29, 1.82) is 0 Å². The fourth-order valence-electron chi connectivity index (χ4n) is 8.14. The normalized spacial score (nSPS) is 12.0. The predicted octanol–water partition coefficient (Wildman–Crippen LogP) is 17.8. The number of ether oxygens (including phenoxy) is 3. The lowest BCUT2D eigenvalue weighted by atomic mass is 10.0. The van der Waals surface area contributed by atoms with Gasteiger partial charge in [0.2, 0.25) is 0 Å². The zero-order valence-electron chi connectivity index (χ0n) is 41.2. The highest BCUT2D eigenvalue weighted by molar-refractivity contribution is 5.71. The monoisotopic (exact) mass is 861 g/mol. The lowest BCUT2D eigenvalue weighted by molar-refractivity contribution is -0.167. The second-order valence-electron chi connectivity index (χ2n) is 18.5. The summed E-state index contributed by atoms with van der Waals surface area (Å²) in [5.41, 5.74) is 0. The highest BCUT2D eigenvalue weighted by Gasteiger charge is 2.19. The van der Waals surface area contributed by atoms with Crippen LogP contribution < -0.4 is 0 Å². The molecule has 0 rings (SSSR count). The van der Waals surface area contributed by atoms with Gasteiger partial charge in [-0.05, 0) is 44.9 Å². The second kappa shape index (κ2) is 50.8. The number of hydrogen-bond acceptors (Lipinski definition) is 6. The van der Waals surface area contributed by atoms with Crippen LogP contribution in [0.3, 0.4) is 0 Å². The van der Waals surface area contributed by atoms with Gasteiger partial charge in [0.05, 0.1) is 0 Å². The van der Waals surface area contributed by atoms with Crippen LogP contribution in [-0.2, 0) is 28.6 Å². The number of rotatable bonds is 50. The Kier molecular flexibility index (Phi) is 49.3. The quantitative estimate of drug-likeness (QED) is 0.0262. The number of carbonyl (C=O) groups is 3. The first-order valence-electron chi connectivity index (χ1n) is 27.2. The van der Waals surface area contributed by atoms with E-state index < -0.39 is 6.10 Å². The van der Waals surface area contributed by atoms with Crippen LogP contribution in [-0.4, -0.2) is 37.2 Å². The third kappa shape index (κ3) is 49.0. The number of allylic oxidation sites excluding steroid dienone is 2. The molecule has 0 aromatic carbocycles. The van der Waals surface area contributed by atoms with Crippen LogP contribution >= 0.6 is 0 Å². The van der Waals surface area contributed by atoms with E-state index in [-0.39, 0.29) is 31.1 Å². The van der Waals surface area contributed by atoms with Crippen molar-refractivity contribution in [2.45, 2.75) is 309 Å². The van der Waals surface area contributed by atoms with Crippen LogP contribution in [0, 0.1) is 0 Å². The molecule has 0 saturated carbocycles. The number of esters is 3. The van der Waals surface area contributed by atoms with E-state index in [9.17, 15) is 14.4 Å². The van der Waals surface area contributed by atoms with Gasteiger partial charge in [-0.1, -0.05) is 251 Å². The molecule has 0 spiro atoms. The summed E-state index contributed by atoms with van der Waals surface area (Å²) < 4.78 is 16.8. The third-order valence-corrected chi connectivity index (χ3v) is 12.3. The SMILES string of the molecule is CCCCCCC/C=C\CCCCCCCC(=O)OC(COC(=O)CCCCCCCCCCC)COC(=O)CCCCCCCCCCCCCCCCCCCCCC. The lowest BCUT2D eigenvalue weighted by Gasteiger charge is -2.18. The second-order valence-corrected chi connectivity index (χ2v) is 18.5. The maximum Gasteiger partial charge on any atom is 0.306 e. The highest BCUT2D eigenvalue weighted by atomic mass is 16.6. The zero-order valence-corrected chi connectivity index (χ0v) is 41.2. The molecule has 0 radical (unpaired) electrons. The summed E-state index contributed by atoms with van der Waals surface area (Å²) in [7, 11) is 0. The van der Waals surface area contributed by atoms with Crippen molar-refractivity contribution in [1.82, 2.24) is 0 Å².